The molecule has 1 N–H and O–H groups in total. The molecule has 0 amide bonds. The lowest BCUT2D eigenvalue weighted by atomic mass is 10.1. The number of para-hydroxylation sites is 1. The van der Waals surface area contributed by atoms with Crippen LogP contribution in [0.4, 0.5) is 0 Å². The molecule has 0 radical (unpaired) electrons. The third-order valence-corrected chi connectivity index (χ3v) is 3.04. The van der Waals surface area contributed by atoms with Gasteiger partial charge in [0.25, 0.3) is 0 Å². The number of nitrogens with zero attached hydrogens (tertiary/aromatic N) is 2. The number of hydrogen-bond donors (Lipinski definition) is 1. The molecule has 0 saturated carbocycles. The van der Waals surface area contributed by atoms with Crippen LogP contribution in [0, 0.1) is 0 Å². The summed E-state index contributed by atoms with van der Waals surface area (Å²) in [5.74, 6) is -0.871. The molecule has 0 spiro atoms. The van der Waals surface area contributed by atoms with Crippen LogP contribution in [0.2, 0.25) is 0 Å². The summed E-state index contributed by atoms with van der Waals surface area (Å²) in [4.78, 5) is 13.4. The summed E-state index contributed by atoms with van der Waals surface area (Å²) in [7, 11) is 4.02. The molecule has 2 aromatic rings. The van der Waals surface area contributed by atoms with Crippen LogP contribution >= 0.6 is 0 Å². The molecule has 0 unspecified atom stereocenters. The van der Waals surface area contributed by atoms with E-state index in [9.17, 15) is 9.90 Å². The average Bonchev–Trinajstić information content (AvgIpc) is 2.66. The van der Waals surface area contributed by atoms with E-state index in [0.717, 1.165) is 24.0 Å². The van der Waals surface area contributed by atoms with Gasteiger partial charge >= 0.3 is 5.97 Å². The Hall–Kier alpha value is -1.81. The van der Waals surface area contributed by atoms with Crippen LogP contribution in [0.3, 0.4) is 0 Å². The second-order valence-corrected chi connectivity index (χ2v) is 4.69. The van der Waals surface area contributed by atoms with Crippen molar-refractivity contribution in [3.8, 4) is 0 Å². The highest BCUT2D eigenvalue weighted by molar-refractivity contribution is 6.03. The average molecular weight is 246 g/mol. The minimum absolute atomic E-state index is 0.374. The summed E-state index contributed by atoms with van der Waals surface area (Å²) >= 11 is 0. The molecule has 1 aromatic heterocycles. The summed E-state index contributed by atoms with van der Waals surface area (Å²) in [6.45, 7) is 3.61. The Kier molecular flexibility index (Phi) is 3.39. The van der Waals surface area contributed by atoms with E-state index in [0.29, 0.717) is 5.56 Å². The number of carboxylic acid groups (broad SMARTS) is 1. The highest BCUT2D eigenvalue weighted by Gasteiger charge is 2.15. The van der Waals surface area contributed by atoms with Crippen molar-refractivity contribution in [2.75, 3.05) is 14.1 Å². The number of aromatic carboxylic acids is 1. The van der Waals surface area contributed by atoms with E-state index >= 15 is 0 Å². The Balaban J connectivity index is 2.70. The van der Waals surface area contributed by atoms with Crippen molar-refractivity contribution in [2.45, 2.75) is 20.0 Å². The van der Waals surface area contributed by atoms with E-state index < -0.39 is 5.97 Å². The first kappa shape index (κ1) is 12.6. The third kappa shape index (κ3) is 2.11. The summed E-state index contributed by atoms with van der Waals surface area (Å²) in [5.41, 5.74) is 2.36. The lowest BCUT2D eigenvalue weighted by Crippen LogP contribution is -2.10. The van der Waals surface area contributed by atoms with Gasteiger partial charge in [0, 0.05) is 24.7 Å². The van der Waals surface area contributed by atoms with Crippen molar-refractivity contribution in [1.29, 1.82) is 0 Å². The van der Waals surface area contributed by atoms with Gasteiger partial charge in [-0.15, -0.1) is 0 Å². The predicted molar refractivity (Wildman–Crippen MR) is 72.0 cm³/mol. The number of carbonyl (C=O) groups is 1. The molecule has 0 saturated heterocycles. The van der Waals surface area contributed by atoms with Crippen LogP contribution in [-0.2, 0) is 13.1 Å². The maximum absolute atomic E-state index is 11.3. The quantitative estimate of drug-likeness (QED) is 0.901. The standard InChI is InChI=1S/C14H18N2O2/c1-4-16-9-10(8-15(2)3)11-6-5-7-12(13(11)16)14(17)18/h5-7,9H,4,8H2,1-3H3,(H,17,18). The van der Waals surface area contributed by atoms with E-state index in [1.807, 2.05) is 37.7 Å². The van der Waals surface area contributed by atoms with Crippen LogP contribution in [0.25, 0.3) is 10.9 Å². The van der Waals surface area contributed by atoms with Crippen molar-refractivity contribution in [3.63, 3.8) is 0 Å². The smallest absolute Gasteiger partial charge is 0.337 e. The topological polar surface area (TPSA) is 45.5 Å². The van der Waals surface area contributed by atoms with Gasteiger partial charge in [-0.2, -0.15) is 0 Å². The molecule has 4 nitrogen and oxygen atoms in total. The van der Waals surface area contributed by atoms with Crippen LogP contribution < -0.4 is 0 Å². The van der Waals surface area contributed by atoms with Gasteiger partial charge in [0.05, 0.1) is 11.1 Å². The Morgan fingerprint density at radius 2 is 2.11 bits per heavy atom. The fourth-order valence-corrected chi connectivity index (χ4v) is 2.32. The Labute approximate surface area is 106 Å². The largest absolute Gasteiger partial charge is 0.478 e. The number of hydrogen-bond acceptors (Lipinski definition) is 2. The van der Waals surface area contributed by atoms with Crippen LogP contribution in [-0.4, -0.2) is 34.6 Å². The number of aryl methyl sites for hydroxylation is 1. The van der Waals surface area contributed by atoms with Gasteiger partial charge < -0.3 is 14.6 Å². The monoisotopic (exact) mass is 246 g/mol. The Bertz CT molecular complexity index is 585. The molecule has 4 heteroatoms. The first-order chi connectivity index (χ1) is 8.54. The zero-order valence-electron chi connectivity index (χ0n) is 11.0. The summed E-state index contributed by atoms with van der Waals surface area (Å²) in [6.07, 6.45) is 2.05. The second kappa shape index (κ2) is 4.82. The highest BCUT2D eigenvalue weighted by Crippen LogP contribution is 2.25. The molecular weight excluding hydrogens is 228 g/mol. The van der Waals surface area contributed by atoms with Crippen LogP contribution in [0.5, 0.6) is 0 Å². The normalized spacial score (nSPS) is 11.3. The van der Waals surface area contributed by atoms with Crippen LogP contribution in [0.15, 0.2) is 24.4 Å². The summed E-state index contributed by atoms with van der Waals surface area (Å²) in [6, 6.07) is 5.47. The SMILES string of the molecule is CCn1cc(CN(C)C)c2cccc(C(=O)O)c21. The molecule has 96 valence electrons. The molecule has 0 aliphatic heterocycles. The van der Waals surface area contributed by atoms with E-state index in [-0.39, 0.29) is 0 Å². The molecule has 18 heavy (non-hydrogen) atoms. The van der Waals surface area contributed by atoms with Gasteiger partial charge in [-0.1, -0.05) is 12.1 Å². The summed E-state index contributed by atoms with van der Waals surface area (Å²) in [5, 5.41) is 10.3. The van der Waals surface area contributed by atoms with Crippen molar-refractivity contribution >= 4 is 16.9 Å². The number of aromatic nitrogens is 1. The number of rotatable bonds is 4. The van der Waals surface area contributed by atoms with Crippen molar-refractivity contribution in [3.05, 3.63) is 35.5 Å². The maximum atomic E-state index is 11.3. The molecule has 0 atom stereocenters. The Morgan fingerprint density at radius 3 is 2.67 bits per heavy atom. The lowest BCUT2D eigenvalue weighted by Gasteiger charge is -2.07. The Morgan fingerprint density at radius 1 is 1.39 bits per heavy atom. The third-order valence-electron chi connectivity index (χ3n) is 3.04. The fourth-order valence-electron chi connectivity index (χ4n) is 2.32. The van der Waals surface area contributed by atoms with E-state index in [4.69, 9.17) is 0 Å². The molecular formula is C14H18N2O2. The zero-order valence-corrected chi connectivity index (χ0v) is 11.0. The zero-order chi connectivity index (χ0) is 13.3. The molecule has 1 heterocycles. The van der Waals surface area contributed by atoms with Gasteiger partial charge in [-0.3, -0.25) is 0 Å². The lowest BCUT2D eigenvalue weighted by molar-refractivity contribution is 0.0698. The molecule has 0 aliphatic carbocycles. The first-order valence-electron chi connectivity index (χ1n) is 6.03. The van der Waals surface area contributed by atoms with Gasteiger partial charge in [0.2, 0.25) is 0 Å². The van der Waals surface area contributed by atoms with Gasteiger partial charge in [-0.25, -0.2) is 4.79 Å². The van der Waals surface area contributed by atoms with Gasteiger partial charge in [0.1, 0.15) is 0 Å². The second-order valence-electron chi connectivity index (χ2n) is 4.69. The highest BCUT2D eigenvalue weighted by atomic mass is 16.4. The number of carboxylic acids is 1. The van der Waals surface area contributed by atoms with Crippen molar-refractivity contribution in [2.24, 2.45) is 0 Å². The van der Waals surface area contributed by atoms with Gasteiger partial charge in [0.15, 0.2) is 0 Å². The molecule has 0 aliphatic rings. The molecule has 1 aromatic carbocycles. The minimum atomic E-state index is -0.871. The fraction of sp³-hybridized carbons (Fsp3) is 0.357. The van der Waals surface area contributed by atoms with E-state index in [1.165, 1.54) is 5.56 Å². The molecule has 2 rings (SSSR count). The molecule has 0 bridgehead atoms. The van der Waals surface area contributed by atoms with E-state index in [2.05, 4.69) is 11.1 Å². The molecule has 0 fully saturated rings. The van der Waals surface area contributed by atoms with Gasteiger partial charge in [-0.05, 0) is 32.6 Å². The minimum Gasteiger partial charge on any atom is -0.478 e. The van der Waals surface area contributed by atoms with E-state index in [1.54, 1.807) is 6.07 Å². The van der Waals surface area contributed by atoms with Crippen molar-refractivity contribution in [1.82, 2.24) is 9.47 Å². The maximum Gasteiger partial charge on any atom is 0.337 e. The first-order valence-corrected chi connectivity index (χ1v) is 6.03. The van der Waals surface area contributed by atoms with Crippen molar-refractivity contribution < 1.29 is 9.90 Å². The number of fused-ring (bicyclic) bond motifs is 1. The number of benzene rings is 1. The van der Waals surface area contributed by atoms with Crippen LogP contribution in [0.1, 0.15) is 22.8 Å². The summed E-state index contributed by atoms with van der Waals surface area (Å²) < 4.78 is 2.01. The predicted octanol–water partition coefficient (Wildman–Crippen LogP) is 2.42.